The maximum Gasteiger partial charge on any atom is 0.306 e. The Kier molecular flexibility index (Phi) is 57.4. The molecule has 6 nitrogen and oxygen atoms in total. The highest BCUT2D eigenvalue weighted by atomic mass is 16.6. The van der Waals surface area contributed by atoms with Crippen molar-refractivity contribution in [3.63, 3.8) is 0 Å². The average molecular weight is 1010 g/mol. The largest absolute Gasteiger partial charge is 0.462 e. The summed E-state index contributed by atoms with van der Waals surface area (Å²) in [4.78, 5) is 38.0. The summed E-state index contributed by atoms with van der Waals surface area (Å²) in [7, 11) is 0. The molecule has 6 heteroatoms. The molecule has 0 saturated heterocycles. The number of ether oxygens (including phenoxy) is 3. The van der Waals surface area contributed by atoms with E-state index in [1.165, 1.54) is 135 Å². The van der Waals surface area contributed by atoms with Gasteiger partial charge < -0.3 is 14.2 Å². The number of rotatable bonds is 54. The van der Waals surface area contributed by atoms with E-state index < -0.39 is 6.10 Å². The lowest BCUT2D eigenvalue weighted by Gasteiger charge is -2.18. The van der Waals surface area contributed by atoms with Crippen LogP contribution in [0.2, 0.25) is 0 Å². The van der Waals surface area contributed by atoms with Crippen molar-refractivity contribution >= 4 is 17.9 Å². The van der Waals surface area contributed by atoms with Gasteiger partial charge in [-0.3, -0.25) is 14.4 Å². The van der Waals surface area contributed by atoms with Crippen LogP contribution in [-0.4, -0.2) is 37.2 Å². The van der Waals surface area contributed by atoms with Gasteiger partial charge in [0.15, 0.2) is 6.10 Å². The van der Waals surface area contributed by atoms with E-state index in [-0.39, 0.29) is 37.5 Å². The number of allylic oxidation sites excluding steroid dienone is 18. The monoisotopic (exact) mass is 1010 g/mol. The normalized spacial score (nSPS) is 12.9. The van der Waals surface area contributed by atoms with Gasteiger partial charge in [0.05, 0.1) is 0 Å². The van der Waals surface area contributed by atoms with E-state index in [9.17, 15) is 14.4 Å². The van der Waals surface area contributed by atoms with Crippen molar-refractivity contribution in [2.24, 2.45) is 0 Å². The molecule has 0 rings (SSSR count). The third kappa shape index (κ3) is 58.8. The predicted octanol–water partition coefficient (Wildman–Crippen LogP) is 20.7. The Balaban J connectivity index is 4.26. The Morgan fingerprint density at radius 3 is 0.877 bits per heavy atom. The van der Waals surface area contributed by atoms with Gasteiger partial charge in [0.2, 0.25) is 0 Å². The Morgan fingerprint density at radius 1 is 0.288 bits per heavy atom. The molecule has 416 valence electrons. The summed E-state index contributed by atoms with van der Waals surface area (Å²) in [5, 5.41) is 0. The zero-order valence-corrected chi connectivity index (χ0v) is 47.6. The molecule has 0 aliphatic heterocycles. The Hall–Kier alpha value is -3.93. The van der Waals surface area contributed by atoms with Crippen molar-refractivity contribution in [3.05, 3.63) is 109 Å². The highest BCUT2D eigenvalue weighted by molar-refractivity contribution is 5.71. The molecule has 0 N–H and O–H groups in total. The molecule has 73 heavy (non-hydrogen) atoms. The van der Waals surface area contributed by atoms with Gasteiger partial charge in [-0.1, -0.05) is 265 Å². The van der Waals surface area contributed by atoms with E-state index in [0.29, 0.717) is 19.3 Å². The molecule has 0 spiro atoms. The first kappa shape index (κ1) is 69.1. The van der Waals surface area contributed by atoms with Gasteiger partial charge in [-0.2, -0.15) is 0 Å². The quantitative estimate of drug-likeness (QED) is 0.0261. The Morgan fingerprint density at radius 2 is 0.548 bits per heavy atom. The Bertz CT molecular complexity index is 1490. The standard InChI is InChI=1S/C67H112O6/c1-4-7-10-13-16-18-20-22-24-26-28-30-32-33-35-36-38-40-42-44-46-48-51-54-57-60-66(69)72-63-64(62-71-65(68)59-56-53-50-15-12-9-6-3)73-67(70)61-58-55-52-49-47-45-43-41-39-37-34-31-29-27-25-23-21-19-17-14-11-8-5-2/h8,11,17,19-20,22-23,25-26,28-29,31,37,39,43,45,49,52,64H,4-7,9-10,12-16,18,21,24,27,30,32-36,38,40-42,44,46-48,50-51,53-63H2,1-3H3/b11-8-,19-17-,22-20-,25-23-,28-26-,31-29-,39-37-,45-43-,52-49-. The number of unbranched alkanes of at least 4 members (excludes halogenated alkanes) is 25. The van der Waals surface area contributed by atoms with Crippen LogP contribution < -0.4 is 0 Å². The van der Waals surface area contributed by atoms with Crippen LogP contribution in [0.4, 0.5) is 0 Å². The molecule has 0 amide bonds. The average Bonchev–Trinajstić information content (AvgIpc) is 3.39. The van der Waals surface area contributed by atoms with E-state index in [0.717, 1.165) is 96.3 Å². The van der Waals surface area contributed by atoms with Gasteiger partial charge in [-0.15, -0.1) is 0 Å². The minimum absolute atomic E-state index is 0.101. The van der Waals surface area contributed by atoms with Crippen LogP contribution in [0.5, 0.6) is 0 Å². The minimum Gasteiger partial charge on any atom is -0.462 e. The molecule has 0 radical (unpaired) electrons. The van der Waals surface area contributed by atoms with Crippen LogP contribution in [0, 0.1) is 0 Å². The maximum absolute atomic E-state index is 12.8. The first-order valence-electron chi connectivity index (χ1n) is 30.4. The lowest BCUT2D eigenvalue weighted by Crippen LogP contribution is -2.30. The summed E-state index contributed by atoms with van der Waals surface area (Å²) in [6, 6.07) is 0. The predicted molar refractivity (Wildman–Crippen MR) is 316 cm³/mol. The fraction of sp³-hybridized carbons (Fsp3) is 0.687. The van der Waals surface area contributed by atoms with E-state index in [4.69, 9.17) is 14.2 Å². The first-order valence-corrected chi connectivity index (χ1v) is 30.4. The van der Waals surface area contributed by atoms with Crippen LogP contribution >= 0.6 is 0 Å². The van der Waals surface area contributed by atoms with Crippen molar-refractivity contribution in [1.29, 1.82) is 0 Å². The maximum atomic E-state index is 12.8. The van der Waals surface area contributed by atoms with Crippen LogP contribution in [-0.2, 0) is 28.6 Å². The molecular formula is C67H112O6. The lowest BCUT2D eigenvalue weighted by molar-refractivity contribution is -0.167. The molecule has 0 saturated carbocycles. The highest BCUT2D eigenvalue weighted by Gasteiger charge is 2.19. The van der Waals surface area contributed by atoms with Crippen LogP contribution in [0.3, 0.4) is 0 Å². The van der Waals surface area contributed by atoms with Gasteiger partial charge in [0.1, 0.15) is 13.2 Å². The minimum atomic E-state index is -0.808. The zero-order valence-electron chi connectivity index (χ0n) is 47.6. The second kappa shape index (κ2) is 60.6. The summed E-state index contributed by atoms with van der Waals surface area (Å²) in [5.74, 6) is -0.966. The van der Waals surface area contributed by atoms with Gasteiger partial charge in [0, 0.05) is 19.3 Å². The summed E-state index contributed by atoms with van der Waals surface area (Å²) in [6.45, 7) is 6.43. The first-order chi connectivity index (χ1) is 36.0. The van der Waals surface area contributed by atoms with Crippen molar-refractivity contribution in [2.45, 2.75) is 284 Å². The number of esters is 3. The number of hydrogen-bond donors (Lipinski definition) is 0. The van der Waals surface area contributed by atoms with Crippen molar-refractivity contribution in [2.75, 3.05) is 13.2 Å². The van der Waals surface area contributed by atoms with E-state index in [1.807, 2.05) is 0 Å². The molecule has 0 heterocycles. The van der Waals surface area contributed by atoms with Crippen LogP contribution in [0.25, 0.3) is 0 Å². The van der Waals surface area contributed by atoms with Gasteiger partial charge in [-0.25, -0.2) is 0 Å². The molecule has 0 aromatic heterocycles. The van der Waals surface area contributed by atoms with Crippen LogP contribution in [0.15, 0.2) is 109 Å². The van der Waals surface area contributed by atoms with E-state index in [1.54, 1.807) is 0 Å². The second-order valence-electron chi connectivity index (χ2n) is 19.9. The topological polar surface area (TPSA) is 78.9 Å². The molecule has 0 aromatic rings. The third-order valence-corrected chi connectivity index (χ3v) is 12.8. The number of carbonyl (C=O) groups is 3. The molecule has 1 unspecified atom stereocenters. The Labute approximate surface area is 450 Å². The van der Waals surface area contributed by atoms with Gasteiger partial charge in [-0.05, 0) is 103 Å². The molecule has 0 fully saturated rings. The smallest absolute Gasteiger partial charge is 0.306 e. The fourth-order valence-electron chi connectivity index (χ4n) is 8.23. The summed E-state index contributed by atoms with van der Waals surface area (Å²) in [5.41, 5.74) is 0. The zero-order chi connectivity index (χ0) is 52.9. The third-order valence-electron chi connectivity index (χ3n) is 12.8. The summed E-state index contributed by atoms with van der Waals surface area (Å²) >= 11 is 0. The fourth-order valence-corrected chi connectivity index (χ4v) is 8.23. The van der Waals surface area contributed by atoms with Crippen molar-refractivity contribution < 1.29 is 28.6 Å². The van der Waals surface area contributed by atoms with E-state index in [2.05, 4.69) is 130 Å². The van der Waals surface area contributed by atoms with Gasteiger partial charge in [0.25, 0.3) is 0 Å². The molecule has 0 aromatic carbocycles. The van der Waals surface area contributed by atoms with Crippen molar-refractivity contribution in [1.82, 2.24) is 0 Å². The number of hydrogen-bond acceptors (Lipinski definition) is 6. The molecule has 1 atom stereocenters. The summed E-state index contributed by atoms with van der Waals surface area (Å²) < 4.78 is 16.8. The van der Waals surface area contributed by atoms with E-state index >= 15 is 0 Å². The number of carbonyl (C=O) groups excluding carboxylic acids is 3. The molecule has 0 aliphatic rings. The SMILES string of the molecule is CC/C=C\C/C=C\C/C=C\C/C=C\C/C=C\C/C=C\C/C=C\CCCC(=O)OC(COC(=O)CCCCCCCCC)COC(=O)CCCCCCCCCCCCCCC/C=C\C/C=C\CCCCCCC. The van der Waals surface area contributed by atoms with Crippen LogP contribution in [0.1, 0.15) is 278 Å². The van der Waals surface area contributed by atoms with Gasteiger partial charge >= 0.3 is 17.9 Å². The van der Waals surface area contributed by atoms with Crippen molar-refractivity contribution in [3.8, 4) is 0 Å². The second-order valence-corrected chi connectivity index (χ2v) is 19.9. The highest BCUT2D eigenvalue weighted by Crippen LogP contribution is 2.15. The molecule has 0 bridgehead atoms. The lowest BCUT2D eigenvalue weighted by atomic mass is 10.0. The summed E-state index contributed by atoms with van der Waals surface area (Å²) in [6.07, 6.45) is 82.6. The molecule has 0 aliphatic carbocycles. The molecular weight excluding hydrogens is 901 g/mol.